The van der Waals surface area contributed by atoms with Gasteiger partial charge in [-0.15, -0.1) is 0 Å². The summed E-state index contributed by atoms with van der Waals surface area (Å²) in [4.78, 5) is 14.4. The fraction of sp³-hybridized carbons (Fsp3) is 0.615. The summed E-state index contributed by atoms with van der Waals surface area (Å²) in [5.74, 6) is 0.268. The lowest BCUT2D eigenvalue weighted by atomic mass is 9.84. The first-order chi connectivity index (χ1) is 7.56. The minimum Gasteiger partial charge on any atom is -0.472 e. The lowest BCUT2D eigenvalue weighted by Crippen LogP contribution is -2.50. The molecule has 0 aliphatic carbocycles. The largest absolute Gasteiger partial charge is 0.472 e. The summed E-state index contributed by atoms with van der Waals surface area (Å²) >= 11 is 0. The van der Waals surface area contributed by atoms with Crippen LogP contribution in [0.15, 0.2) is 23.0 Å². The molecule has 1 heterocycles. The van der Waals surface area contributed by atoms with E-state index in [-0.39, 0.29) is 11.3 Å². The zero-order valence-corrected chi connectivity index (χ0v) is 10.6. The van der Waals surface area contributed by atoms with Gasteiger partial charge in [0.25, 0.3) is 0 Å². The molecule has 0 unspecified atom stereocenters. The van der Waals surface area contributed by atoms with Gasteiger partial charge in [-0.1, -0.05) is 13.8 Å². The standard InChI is InChI=1S/C13H21NO2/c1-5-13(6-2,14(3)4)12(15)9-11-7-8-16-10-11/h7-8,10H,5-6,9H2,1-4H3. The zero-order chi connectivity index (χ0) is 12.2. The average Bonchev–Trinajstić information content (AvgIpc) is 2.72. The van der Waals surface area contributed by atoms with Crippen molar-refractivity contribution in [1.82, 2.24) is 4.90 Å². The molecule has 0 radical (unpaired) electrons. The van der Waals surface area contributed by atoms with E-state index in [9.17, 15) is 4.79 Å². The Morgan fingerprint density at radius 2 is 2.00 bits per heavy atom. The predicted molar refractivity (Wildman–Crippen MR) is 64.4 cm³/mol. The van der Waals surface area contributed by atoms with Crippen molar-refractivity contribution in [3.05, 3.63) is 24.2 Å². The molecule has 1 aromatic heterocycles. The fourth-order valence-electron chi connectivity index (χ4n) is 2.27. The van der Waals surface area contributed by atoms with Gasteiger partial charge in [-0.2, -0.15) is 0 Å². The number of Topliss-reactive ketones (excluding diaryl/α,β-unsaturated/α-hetero) is 1. The molecule has 0 amide bonds. The maximum atomic E-state index is 12.4. The summed E-state index contributed by atoms with van der Waals surface area (Å²) in [7, 11) is 3.94. The Balaban J connectivity index is 2.83. The van der Waals surface area contributed by atoms with Crippen LogP contribution in [0.1, 0.15) is 32.3 Å². The smallest absolute Gasteiger partial charge is 0.157 e. The second-order valence-corrected chi connectivity index (χ2v) is 4.36. The Morgan fingerprint density at radius 1 is 1.38 bits per heavy atom. The Kier molecular flexibility index (Phi) is 4.30. The van der Waals surface area contributed by atoms with Crippen molar-refractivity contribution in [2.24, 2.45) is 0 Å². The Labute approximate surface area is 97.4 Å². The third-order valence-electron chi connectivity index (χ3n) is 3.49. The molecule has 0 aromatic carbocycles. The molecule has 1 aromatic rings. The zero-order valence-electron chi connectivity index (χ0n) is 10.6. The second-order valence-electron chi connectivity index (χ2n) is 4.36. The Hall–Kier alpha value is -1.09. The van der Waals surface area contributed by atoms with Gasteiger partial charge in [0.15, 0.2) is 5.78 Å². The van der Waals surface area contributed by atoms with Crippen molar-refractivity contribution in [3.63, 3.8) is 0 Å². The maximum absolute atomic E-state index is 12.4. The van der Waals surface area contributed by atoms with Crippen LogP contribution in [0.5, 0.6) is 0 Å². The van der Waals surface area contributed by atoms with E-state index in [2.05, 4.69) is 13.8 Å². The van der Waals surface area contributed by atoms with Gasteiger partial charge in [-0.3, -0.25) is 9.69 Å². The number of hydrogen-bond acceptors (Lipinski definition) is 3. The van der Waals surface area contributed by atoms with E-state index in [1.165, 1.54) is 0 Å². The van der Waals surface area contributed by atoms with Crippen molar-refractivity contribution >= 4 is 5.78 Å². The molecule has 0 aliphatic rings. The summed E-state index contributed by atoms with van der Waals surface area (Å²) in [5.41, 5.74) is 0.621. The minimum absolute atomic E-state index is 0.268. The Bertz CT molecular complexity index is 324. The maximum Gasteiger partial charge on any atom is 0.157 e. The van der Waals surface area contributed by atoms with E-state index in [1.807, 2.05) is 25.1 Å². The lowest BCUT2D eigenvalue weighted by Gasteiger charge is -2.37. The van der Waals surface area contributed by atoms with Crippen LogP contribution in [0, 0.1) is 0 Å². The fourth-order valence-corrected chi connectivity index (χ4v) is 2.27. The second kappa shape index (κ2) is 5.30. The lowest BCUT2D eigenvalue weighted by molar-refractivity contribution is -0.129. The summed E-state index contributed by atoms with van der Waals surface area (Å²) in [6, 6.07) is 1.85. The van der Waals surface area contributed by atoms with Crippen LogP contribution >= 0.6 is 0 Å². The average molecular weight is 223 g/mol. The minimum atomic E-state index is -0.336. The molecule has 3 heteroatoms. The molecule has 3 nitrogen and oxygen atoms in total. The highest BCUT2D eigenvalue weighted by Crippen LogP contribution is 2.24. The molecule has 16 heavy (non-hydrogen) atoms. The van der Waals surface area contributed by atoms with Crippen LogP contribution in [0.4, 0.5) is 0 Å². The van der Waals surface area contributed by atoms with Crippen LogP contribution in [0.25, 0.3) is 0 Å². The number of carbonyl (C=O) groups excluding carboxylic acids is 1. The van der Waals surface area contributed by atoms with Crippen LogP contribution in [0.3, 0.4) is 0 Å². The topological polar surface area (TPSA) is 33.5 Å². The first kappa shape index (κ1) is 13.0. The van der Waals surface area contributed by atoms with Crippen LogP contribution in [-0.2, 0) is 11.2 Å². The summed E-state index contributed by atoms with van der Waals surface area (Å²) in [6.45, 7) is 4.13. The first-order valence-electron chi connectivity index (χ1n) is 5.78. The van der Waals surface area contributed by atoms with Gasteiger partial charge in [0.05, 0.1) is 18.1 Å². The van der Waals surface area contributed by atoms with Crippen LogP contribution < -0.4 is 0 Å². The van der Waals surface area contributed by atoms with Gasteiger partial charge >= 0.3 is 0 Å². The number of hydrogen-bond donors (Lipinski definition) is 0. The molecule has 0 aliphatic heterocycles. The number of nitrogens with zero attached hydrogens (tertiary/aromatic N) is 1. The van der Waals surface area contributed by atoms with Gasteiger partial charge in [0, 0.05) is 6.42 Å². The Morgan fingerprint density at radius 3 is 2.38 bits per heavy atom. The quantitative estimate of drug-likeness (QED) is 0.743. The van der Waals surface area contributed by atoms with E-state index in [1.54, 1.807) is 12.5 Å². The molecule has 0 fully saturated rings. The third-order valence-corrected chi connectivity index (χ3v) is 3.49. The molecule has 1 rings (SSSR count). The van der Waals surface area contributed by atoms with Crippen LogP contribution in [-0.4, -0.2) is 30.3 Å². The van der Waals surface area contributed by atoms with E-state index in [4.69, 9.17) is 4.42 Å². The molecule has 0 N–H and O–H groups in total. The van der Waals surface area contributed by atoms with Gasteiger partial charge in [0.1, 0.15) is 0 Å². The van der Waals surface area contributed by atoms with E-state index < -0.39 is 0 Å². The van der Waals surface area contributed by atoms with Crippen molar-refractivity contribution < 1.29 is 9.21 Å². The van der Waals surface area contributed by atoms with Gasteiger partial charge in [0.2, 0.25) is 0 Å². The highest BCUT2D eigenvalue weighted by Gasteiger charge is 2.36. The third kappa shape index (κ3) is 2.35. The number of rotatable bonds is 6. The number of furan rings is 1. The molecule has 0 bridgehead atoms. The molecule has 0 spiro atoms. The van der Waals surface area contributed by atoms with Crippen molar-refractivity contribution in [2.75, 3.05) is 14.1 Å². The van der Waals surface area contributed by atoms with E-state index in [0.717, 1.165) is 18.4 Å². The van der Waals surface area contributed by atoms with Crippen molar-refractivity contribution in [2.45, 2.75) is 38.6 Å². The summed E-state index contributed by atoms with van der Waals surface area (Å²) in [5, 5.41) is 0. The van der Waals surface area contributed by atoms with E-state index in [0.29, 0.717) is 6.42 Å². The van der Waals surface area contributed by atoms with E-state index >= 15 is 0 Å². The summed E-state index contributed by atoms with van der Waals surface area (Å²) < 4.78 is 4.99. The molecule has 0 saturated heterocycles. The summed E-state index contributed by atoms with van der Waals surface area (Å²) in [6.07, 6.45) is 5.39. The molecule has 0 atom stereocenters. The normalized spacial score (nSPS) is 12.1. The highest BCUT2D eigenvalue weighted by molar-refractivity contribution is 5.90. The van der Waals surface area contributed by atoms with Gasteiger partial charge in [-0.25, -0.2) is 0 Å². The molecular weight excluding hydrogens is 202 g/mol. The van der Waals surface area contributed by atoms with Crippen LogP contribution in [0.2, 0.25) is 0 Å². The van der Waals surface area contributed by atoms with Gasteiger partial charge in [-0.05, 0) is 38.6 Å². The first-order valence-corrected chi connectivity index (χ1v) is 5.78. The molecule has 0 saturated carbocycles. The molecular formula is C13H21NO2. The van der Waals surface area contributed by atoms with Gasteiger partial charge < -0.3 is 4.42 Å². The highest BCUT2D eigenvalue weighted by atomic mass is 16.3. The molecule has 90 valence electrons. The number of likely N-dealkylation sites (N-methyl/N-ethyl adjacent to an activating group) is 1. The number of carbonyl (C=O) groups is 1. The van der Waals surface area contributed by atoms with Crippen molar-refractivity contribution in [1.29, 1.82) is 0 Å². The SMILES string of the molecule is CCC(CC)(C(=O)Cc1ccoc1)N(C)C. The van der Waals surface area contributed by atoms with Crippen molar-refractivity contribution in [3.8, 4) is 0 Å². The predicted octanol–water partition coefficient (Wildman–Crippen LogP) is 2.51. The monoisotopic (exact) mass is 223 g/mol. The number of ketones is 1.